The van der Waals surface area contributed by atoms with Gasteiger partial charge >= 0.3 is 0 Å². The van der Waals surface area contributed by atoms with Gasteiger partial charge in [-0.25, -0.2) is 13.5 Å². The number of rotatable bonds is 6. The fourth-order valence-corrected chi connectivity index (χ4v) is 2.34. The molecule has 0 fully saturated rings. The van der Waals surface area contributed by atoms with Gasteiger partial charge in [0.05, 0.1) is 0 Å². The van der Waals surface area contributed by atoms with Crippen molar-refractivity contribution < 1.29 is 13.6 Å². The van der Waals surface area contributed by atoms with E-state index in [9.17, 15) is 13.6 Å². The van der Waals surface area contributed by atoms with Crippen LogP contribution in [0.1, 0.15) is 18.2 Å². The van der Waals surface area contributed by atoms with Gasteiger partial charge in [-0.2, -0.15) is 5.10 Å². The number of hydrogen-bond acceptors (Lipinski definition) is 3. The van der Waals surface area contributed by atoms with Gasteiger partial charge in [-0.3, -0.25) is 4.79 Å². The third-order valence-electron chi connectivity index (χ3n) is 3.80. The molecule has 0 spiro atoms. The summed E-state index contributed by atoms with van der Waals surface area (Å²) in [7, 11) is 3.72. The van der Waals surface area contributed by atoms with E-state index < -0.39 is 11.6 Å². The van der Waals surface area contributed by atoms with Crippen molar-refractivity contribution >= 4 is 11.7 Å². The summed E-state index contributed by atoms with van der Waals surface area (Å²) >= 11 is 0. The van der Waals surface area contributed by atoms with Crippen LogP contribution < -0.4 is 5.32 Å². The molecular formula is C19H22F2N4O. The number of carbonyl (C=O) groups excluding carboxylic acids is 1. The first-order valence-corrected chi connectivity index (χ1v) is 8.12. The van der Waals surface area contributed by atoms with E-state index in [4.69, 9.17) is 0 Å². The number of hydrogen-bond donors (Lipinski definition) is 1. The summed E-state index contributed by atoms with van der Waals surface area (Å²) in [5.41, 5.74) is 1.85. The Morgan fingerprint density at radius 2 is 2.00 bits per heavy atom. The zero-order chi connectivity index (χ0) is 19.3. The lowest BCUT2D eigenvalue weighted by Gasteiger charge is -2.19. The lowest BCUT2D eigenvalue weighted by atomic mass is 10.2. The van der Waals surface area contributed by atoms with Gasteiger partial charge in [0.2, 0.25) is 0 Å². The highest BCUT2D eigenvalue weighted by Crippen LogP contribution is 2.14. The SMILES string of the molecule is C/C=C(/C=C(/N(C)C)n1nccc1C)C(=O)NCc1ccc(F)c(F)c1. The van der Waals surface area contributed by atoms with Gasteiger partial charge in [-0.1, -0.05) is 12.1 Å². The highest BCUT2D eigenvalue weighted by molar-refractivity contribution is 5.97. The second-order valence-corrected chi connectivity index (χ2v) is 5.96. The number of nitrogens with zero attached hydrogens (tertiary/aromatic N) is 3. The summed E-state index contributed by atoms with van der Waals surface area (Å²) < 4.78 is 28.0. The molecule has 0 aliphatic carbocycles. The number of aromatic nitrogens is 2. The molecule has 0 unspecified atom stereocenters. The Morgan fingerprint density at radius 3 is 2.54 bits per heavy atom. The first kappa shape index (κ1) is 19.4. The summed E-state index contributed by atoms with van der Waals surface area (Å²) in [5.74, 6) is -1.45. The quantitative estimate of drug-likeness (QED) is 0.636. The predicted molar refractivity (Wildman–Crippen MR) is 96.9 cm³/mol. The highest BCUT2D eigenvalue weighted by Gasteiger charge is 2.12. The average molecular weight is 360 g/mol. The zero-order valence-corrected chi connectivity index (χ0v) is 15.3. The molecule has 0 aliphatic heterocycles. The number of benzene rings is 1. The van der Waals surface area contributed by atoms with Crippen LogP contribution in [0, 0.1) is 18.6 Å². The molecule has 1 amide bonds. The van der Waals surface area contributed by atoms with E-state index in [1.54, 1.807) is 30.0 Å². The molecule has 5 nitrogen and oxygen atoms in total. The molecule has 138 valence electrons. The minimum absolute atomic E-state index is 0.0965. The summed E-state index contributed by atoms with van der Waals surface area (Å²) in [6.45, 7) is 3.77. The minimum Gasteiger partial charge on any atom is -0.363 e. The summed E-state index contributed by atoms with van der Waals surface area (Å²) in [4.78, 5) is 14.3. The summed E-state index contributed by atoms with van der Waals surface area (Å²) in [6.07, 6.45) is 5.09. The van der Waals surface area contributed by atoms with Crippen LogP contribution in [0.25, 0.3) is 5.82 Å². The van der Waals surface area contributed by atoms with Gasteiger partial charge in [0.25, 0.3) is 5.91 Å². The molecule has 2 rings (SSSR count). The van der Waals surface area contributed by atoms with Crippen LogP contribution in [0.3, 0.4) is 0 Å². The van der Waals surface area contributed by atoms with Crippen LogP contribution in [0.5, 0.6) is 0 Å². The van der Waals surface area contributed by atoms with E-state index in [0.29, 0.717) is 11.1 Å². The highest BCUT2D eigenvalue weighted by atomic mass is 19.2. The van der Waals surface area contributed by atoms with Crippen molar-refractivity contribution in [1.29, 1.82) is 0 Å². The Balaban J connectivity index is 2.17. The molecule has 1 heterocycles. The minimum atomic E-state index is -0.938. The summed E-state index contributed by atoms with van der Waals surface area (Å²) in [6, 6.07) is 5.41. The van der Waals surface area contributed by atoms with Gasteiger partial charge in [-0.05, 0) is 43.7 Å². The number of nitrogens with one attached hydrogen (secondary N) is 1. The predicted octanol–water partition coefficient (Wildman–Crippen LogP) is 3.09. The van der Waals surface area contributed by atoms with Gasteiger partial charge < -0.3 is 10.2 Å². The first-order chi connectivity index (χ1) is 12.3. The maximum Gasteiger partial charge on any atom is 0.251 e. The third-order valence-corrected chi connectivity index (χ3v) is 3.80. The lowest BCUT2D eigenvalue weighted by molar-refractivity contribution is -0.117. The van der Waals surface area contributed by atoms with Crippen molar-refractivity contribution in [3.63, 3.8) is 0 Å². The largest absolute Gasteiger partial charge is 0.363 e. The molecular weight excluding hydrogens is 338 g/mol. The first-order valence-electron chi connectivity index (χ1n) is 8.12. The molecule has 1 aromatic carbocycles. The van der Waals surface area contributed by atoms with Gasteiger partial charge in [0.15, 0.2) is 11.6 Å². The second-order valence-electron chi connectivity index (χ2n) is 5.96. The Morgan fingerprint density at radius 1 is 1.27 bits per heavy atom. The molecule has 0 aliphatic rings. The lowest BCUT2D eigenvalue weighted by Crippen LogP contribution is -2.25. The molecule has 7 heteroatoms. The number of carbonyl (C=O) groups is 1. The monoisotopic (exact) mass is 360 g/mol. The molecule has 0 saturated heterocycles. The van der Waals surface area contributed by atoms with E-state index in [1.165, 1.54) is 6.07 Å². The maximum absolute atomic E-state index is 13.3. The maximum atomic E-state index is 13.3. The van der Waals surface area contributed by atoms with Crippen molar-refractivity contribution in [2.45, 2.75) is 20.4 Å². The van der Waals surface area contributed by atoms with Crippen LogP contribution in [0.2, 0.25) is 0 Å². The molecule has 1 N–H and O–H groups in total. The summed E-state index contributed by atoms with van der Waals surface area (Å²) in [5, 5.41) is 6.98. The van der Waals surface area contributed by atoms with Gasteiger partial charge in [0, 0.05) is 38.1 Å². The standard InChI is InChI=1S/C19H22F2N4O/c1-5-15(11-18(24(3)4)25-13(2)8-9-23-25)19(26)22-12-14-6-7-16(20)17(21)10-14/h5-11H,12H2,1-4H3,(H,22,26)/b15-5-,18-11-. The molecule has 2 aromatic rings. The topological polar surface area (TPSA) is 50.2 Å². The van der Waals surface area contributed by atoms with Crippen molar-refractivity contribution in [2.24, 2.45) is 0 Å². The average Bonchev–Trinajstić information content (AvgIpc) is 3.02. The van der Waals surface area contributed by atoms with Crippen LogP contribution >= 0.6 is 0 Å². The van der Waals surface area contributed by atoms with Crippen LogP contribution in [-0.4, -0.2) is 34.7 Å². The number of halogens is 2. The van der Waals surface area contributed by atoms with E-state index in [-0.39, 0.29) is 12.5 Å². The third kappa shape index (κ3) is 4.56. The Labute approximate surface area is 151 Å². The van der Waals surface area contributed by atoms with Crippen LogP contribution in [-0.2, 0) is 11.3 Å². The molecule has 1 aromatic heterocycles. The fourth-order valence-electron chi connectivity index (χ4n) is 2.34. The number of aryl methyl sites for hydroxylation is 1. The number of allylic oxidation sites excluding steroid dienone is 1. The van der Waals surface area contributed by atoms with Crippen molar-refractivity contribution in [3.05, 3.63) is 71.1 Å². The van der Waals surface area contributed by atoms with Crippen LogP contribution in [0.4, 0.5) is 8.78 Å². The van der Waals surface area contributed by atoms with Crippen LogP contribution in [0.15, 0.2) is 48.2 Å². The van der Waals surface area contributed by atoms with Gasteiger partial charge in [-0.15, -0.1) is 0 Å². The number of amides is 1. The molecule has 0 atom stereocenters. The molecule has 26 heavy (non-hydrogen) atoms. The molecule has 0 radical (unpaired) electrons. The van der Waals surface area contributed by atoms with E-state index in [1.807, 2.05) is 32.0 Å². The Hall–Kier alpha value is -2.96. The molecule has 0 bridgehead atoms. The van der Waals surface area contributed by atoms with E-state index in [0.717, 1.165) is 23.6 Å². The van der Waals surface area contributed by atoms with E-state index in [2.05, 4.69) is 10.4 Å². The van der Waals surface area contributed by atoms with Gasteiger partial charge in [0.1, 0.15) is 5.82 Å². The normalized spacial score (nSPS) is 12.2. The van der Waals surface area contributed by atoms with E-state index >= 15 is 0 Å². The smallest absolute Gasteiger partial charge is 0.251 e. The second kappa shape index (κ2) is 8.42. The Kier molecular flexibility index (Phi) is 6.27. The zero-order valence-electron chi connectivity index (χ0n) is 15.3. The molecule has 0 saturated carbocycles. The van der Waals surface area contributed by atoms with Crippen molar-refractivity contribution in [2.75, 3.05) is 14.1 Å². The van der Waals surface area contributed by atoms with Crippen molar-refractivity contribution in [1.82, 2.24) is 20.0 Å². The van der Waals surface area contributed by atoms with Crippen molar-refractivity contribution in [3.8, 4) is 0 Å². The fraction of sp³-hybridized carbons (Fsp3) is 0.263. The Bertz CT molecular complexity index is 853.